The fraction of sp³-hybridized carbons (Fsp3) is 1.00. The lowest BCUT2D eigenvalue weighted by Crippen LogP contribution is -2.39. The number of aliphatic hydroxyl groups is 2. The number of hydrogen-bond acceptors (Lipinski definition) is 4. The van der Waals surface area contributed by atoms with Gasteiger partial charge < -0.3 is 19.7 Å². The Morgan fingerprint density at radius 3 is 2.80 bits per heavy atom. The molecule has 1 fully saturated rings. The molecule has 1 saturated heterocycles. The van der Waals surface area contributed by atoms with Gasteiger partial charge >= 0.3 is 0 Å². The molecular formula is C11H22O4. The second-order valence-corrected chi connectivity index (χ2v) is 4.07. The molecule has 0 bridgehead atoms. The van der Waals surface area contributed by atoms with Crippen LogP contribution in [-0.2, 0) is 9.47 Å². The zero-order valence-corrected chi connectivity index (χ0v) is 9.39. The predicted molar refractivity (Wildman–Crippen MR) is 56.5 cm³/mol. The molecular weight excluding hydrogens is 196 g/mol. The molecule has 1 aliphatic rings. The van der Waals surface area contributed by atoms with Crippen LogP contribution in [0.5, 0.6) is 0 Å². The van der Waals surface area contributed by atoms with Crippen molar-refractivity contribution in [3.8, 4) is 0 Å². The summed E-state index contributed by atoms with van der Waals surface area (Å²) in [6.07, 6.45) is 3.33. The molecule has 1 heterocycles. The third-order valence-electron chi connectivity index (χ3n) is 2.60. The molecule has 0 saturated carbocycles. The fourth-order valence-electron chi connectivity index (χ4n) is 1.74. The lowest BCUT2D eigenvalue weighted by molar-refractivity contribution is -0.221. The van der Waals surface area contributed by atoms with Crippen LogP contribution in [0.3, 0.4) is 0 Å². The van der Waals surface area contributed by atoms with Crippen molar-refractivity contribution in [1.82, 2.24) is 0 Å². The molecule has 4 heteroatoms. The molecule has 0 aromatic heterocycles. The first-order valence-electron chi connectivity index (χ1n) is 5.82. The zero-order valence-electron chi connectivity index (χ0n) is 9.39. The predicted octanol–water partition coefficient (Wildman–Crippen LogP) is 1.05. The molecule has 0 aliphatic carbocycles. The molecule has 3 atom stereocenters. The molecule has 1 rings (SSSR count). The van der Waals surface area contributed by atoms with E-state index in [9.17, 15) is 5.11 Å². The van der Waals surface area contributed by atoms with Gasteiger partial charge in [0.2, 0.25) is 0 Å². The van der Waals surface area contributed by atoms with E-state index < -0.39 is 6.10 Å². The summed E-state index contributed by atoms with van der Waals surface area (Å²) < 4.78 is 10.9. The third kappa shape index (κ3) is 4.93. The average molecular weight is 218 g/mol. The van der Waals surface area contributed by atoms with Crippen molar-refractivity contribution in [1.29, 1.82) is 0 Å². The van der Waals surface area contributed by atoms with Crippen molar-refractivity contribution >= 4 is 0 Å². The summed E-state index contributed by atoms with van der Waals surface area (Å²) in [5.74, 6) is 0. The molecule has 90 valence electrons. The topological polar surface area (TPSA) is 58.9 Å². The Bertz CT molecular complexity index is 163. The van der Waals surface area contributed by atoms with Crippen molar-refractivity contribution in [2.75, 3.05) is 13.2 Å². The average Bonchev–Trinajstić information content (AvgIpc) is 2.23. The van der Waals surface area contributed by atoms with E-state index in [0.29, 0.717) is 19.4 Å². The minimum Gasteiger partial charge on any atom is -0.394 e. The number of hydrogen-bond donors (Lipinski definition) is 2. The minimum atomic E-state index is -0.410. The maximum Gasteiger partial charge on any atom is 0.160 e. The largest absolute Gasteiger partial charge is 0.394 e. The molecule has 0 radical (unpaired) electrons. The van der Waals surface area contributed by atoms with Crippen molar-refractivity contribution < 1.29 is 19.7 Å². The fourth-order valence-corrected chi connectivity index (χ4v) is 1.74. The van der Waals surface area contributed by atoms with Crippen molar-refractivity contribution in [3.63, 3.8) is 0 Å². The van der Waals surface area contributed by atoms with Crippen LogP contribution in [0, 0.1) is 0 Å². The van der Waals surface area contributed by atoms with Crippen LogP contribution in [0.15, 0.2) is 0 Å². The van der Waals surface area contributed by atoms with E-state index in [-0.39, 0.29) is 19.0 Å². The molecule has 2 N–H and O–H groups in total. The van der Waals surface area contributed by atoms with Gasteiger partial charge in [-0.2, -0.15) is 0 Å². The van der Waals surface area contributed by atoms with Gasteiger partial charge in [-0.1, -0.05) is 19.8 Å². The quantitative estimate of drug-likeness (QED) is 0.654. The first kappa shape index (κ1) is 12.9. The Kier molecular flexibility index (Phi) is 6.17. The zero-order chi connectivity index (χ0) is 11.1. The van der Waals surface area contributed by atoms with Crippen LogP contribution < -0.4 is 0 Å². The van der Waals surface area contributed by atoms with E-state index in [1.165, 1.54) is 0 Å². The molecule has 15 heavy (non-hydrogen) atoms. The summed E-state index contributed by atoms with van der Waals surface area (Å²) >= 11 is 0. The summed E-state index contributed by atoms with van der Waals surface area (Å²) in [5, 5.41) is 18.5. The number of rotatable bonds is 6. The van der Waals surface area contributed by atoms with Gasteiger partial charge in [0.1, 0.15) is 0 Å². The molecule has 4 nitrogen and oxygen atoms in total. The first-order chi connectivity index (χ1) is 7.26. The summed E-state index contributed by atoms with van der Waals surface area (Å²) in [6, 6.07) is 0. The Hall–Kier alpha value is -0.160. The summed E-state index contributed by atoms with van der Waals surface area (Å²) in [6.45, 7) is 2.76. The van der Waals surface area contributed by atoms with E-state index in [2.05, 4.69) is 6.92 Å². The number of ether oxygens (including phenoxy) is 2. The number of unbranched alkanes of at least 4 members (excludes halogenated alkanes) is 2. The van der Waals surface area contributed by atoms with Gasteiger partial charge in [0, 0.05) is 19.4 Å². The summed E-state index contributed by atoms with van der Waals surface area (Å²) in [4.78, 5) is 0. The van der Waals surface area contributed by atoms with Gasteiger partial charge in [0.25, 0.3) is 0 Å². The molecule has 1 aliphatic heterocycles. The van der Waals surface area contributed by atoms with Gasteiger partial charge in [-0.05, 0) is 6.42 Å². The van der Waals surface area contributed by atoms with Gasteiger partial charge in [0.05, 0.1) is 18.8 Å². The Balaban J connectivity index is 2.16. The standard InChI is InChI=1S/C11H22O4/c1-2-3-4-5-14-11-7-9(13)6-10(8-12)15-11/h9-13H,2-8H2,1H3/t9?,10-,11+/m0/s1. The second kappa shape index (κ2) is 7.17. The normalized spacial score (nSPS) is 31.8. The Morgan fingerprint density at radius 2 is 2.13 bits per heavy atom. The van der Waals surface area contributed by atoms with Crippen LogP contribution in [0.1, 0.15) is 39.0 Å². The SMILES string of the molecule is CCCCCO[C@H]1CC(O)C[C@@H](CO)O1. The molecule has 0 amide bonds. The van der Waals surface area contributed by atoms with Gasteiger partial charge in [-0.15, -0.1) is 0 Å². The van der Waals surface area contributed by atoms with Crippen molar-refractivity contribution in [2.45, 2.75) is 57.5 Å². The molecule has 0 aromatic rings. The number of aliphatic hydroxyl groups excluding tert-OH is 2. The van der Waals surface area contributed by atoms with E-state index in [0.717, 1.165) is 19.3 Å². The lowest BCUT2D eigenvalue weighted by Gasteiger charge is -2.32. The monoisotopic (exact) mass is 218 g/mol. The first-order valence-corrected chi connectivity index (χ1v) is 5.82. The van der Waals surface area contributed by atoms with E-state index in [1.54, 1.807) is 0 Å². The van der Waals surface area contributed by atoms with E-state index >= 15 is 0 Å². The highest BCUT2D eigenvalue weighted by molar-refractivity contribution is 4.72. The minimum absolute atomic E-state index is 0.0497. The Labute approximate surface area is 91.2 Å². The second-order valence-electron chi connectivity index (χ2n) is 4.07. The van der Waals surface area contributed by atoms with Crippen molar-refractivity contribution in [3.05, 3.63) is 0 Å². The maximum absolute atomic E-state index is 9.51. The molecule has 0 spiro atoms. The Morgan fingerprint density at radius 1 is 1.33 bits per heavy atom. The van der Waals surface area contributed by atoms with E-state index in [4.69, 9.17) is 14.6 Å². The van der Waals surface area contributed by atoms with Crippen LogP contribution >= 0.6 is 0 Å². The lowest BCUT2D eigenvalue weighted by atomic mass is 10.1. The van der Waals surface area contributed by atoms with Gasteiger partial charge in [0.15, 0.2) is 6.29 Å². The van der Waals surface area contributed by atoms with Crippen LogP contribution in [0.4, 0.5) is 0 Å². The highest BCUT2D eigenvalue weighted by atomic mass is 16.7. The van der Waals surface area contributed by atoms with Crippen LogP contribution in [0.2, 0.25) is 0 Å². The van der Waals surface area contributed by atoms with Crippen molar-refractivity contribution in [2.24, 2.45) is 0 Å². The third-order valence-corrected chi connectivity index (χ3v) is 2.60. The molecule has 1 unspecified atom stereocenters. The maximum atomic E-state index is 9.51. The highest BCUT2D eigenvalue weighted by Gasteiger charge is 2.28. The summed E-state index contributed by atoms with van der Waals surface area (Å²) in [5.41, 5.74) is 0. The highest BCUT2D eigenvalue weighted by Crippen LogP contribution is 2.20. The van der Waals surface area contributed by atoms with Gasteiger partial charge in [-0.3, -0.25) is 0 Å². The van der Waals surface area contributed by atoms with Crippen LogP contribution in [-0.4, -0.2) is 41.9 Å². The smallest absolute Gasteiger partial charge is 0.160 e. The van der Waals surface area contributed by atoms with Crippen LogP contribution in [0.25, 0.3) is 0 Å². The summed E-state index contributed by atoms with van der Waals surface area (Å²) in [7, 11) is 0. The molecule has 0 aromatic carbocycles. The van der Waals surface area contributed by atoms with E-state index in [1.807, 2.05) is 0 Å². The van der Waals surface area contributed by atoms with Gasteiger partial charge in [-0.25, -0.2) is 0 Å².